The molecule has 26 heavy (non-hydrogen) atoms. The number of methoxy groups -OCH3 is 1. The van der Waals surface area contributed by atoms with Gasteiger partial charge in [0.05, 0.1) is 17.8 Å². The van der Waals surface area contributed by atoms with Gasteiger partial charge in [0.25, 0.3) is 11.5 Å². The van der Waals surface area contributed by atoms with E-state index in [1.165, 1.54) is 6.07 Å². The maximum absolute atomic E-state index is 12.1. The maximum Gasteiger partial charge on any atom is 0.270 e. The lowest BCUT2D eigenvalue weighted by Gasteiger charge is -2.03. The number of nitrogens with zero attached hydrogens (tertiary/aromatic N) is 2. The Morgan fingerprint density at radius 2 is 2.04 bits per heavy atom. The van der Waals surface area contributed by atoms with E-state index in [4.69, 9.17) is 4.74 Å². The molecule has 0 saturated carbocycles. The lowest BCUT2D eigenvalue weighted by molar-refractivity contribution is 0.0948. The van der Waals surface area contributed by atoms with E-state index in [2.05, 4.69) is 20.3 Å². The molecule has 2 N–H and O–H groups in total. The summed E-state index contributed by atoms with van der Waals surface area (Å²) in [6.07, 6.45) is 0.606. The van der Waals surface area contributed by atoms with Gasteiger partial charge < -0.3 is 15.0 Å². The average molecular weight is 370 g/mol. The van der Waals surface area contributed by atoms with Crippen LogP contribution in [0.4, 0.5) is 0 Å². The van der Waals surface area contributed by atoms with Crippen molar-refractivity contribution in [1.29, 1.82) is 0 Å². The van der Waals surface area contributed by atoms with Crippen molar-refractivity contribution in [2.24, 2.45) is 0 Å². The van der Waals surface area contributed by atoms with Crippen LogP contribution in [0.1, 0.15) is 21.3 Å². The van der Waals surface area contributed by atoms with Gasteiger partial charge in [-0.15, -0.1) is 11.3 Å². The molecule has 0 aliphatic carbocycles. The molecule has 3 rings (SSSR count). The Hall–Kier alpha value is -3.00. The molecule has 1 aromatic carbocycles. The number of aromatic nitrogens is 3. The standard InChI is InChI=1S/C18H18N4O3S/c1-11-20-14(9-16(23)21-11)18(24)19-8-7-17-22-15(10-26-17)12-3-5-13(25-2)6-4-12/h3-6,9-10H,7-8H2,1-2H3,(H,19,24)(H,20,21,23). The fourth-order valence-corrected chi connectivity index (χ4v) is 3.20. The predicted octanol–water partition coefficient (Wildman–Crippen LogP) is 2.18. The number of ether oxygens (including phenoxy) is 1. The summed E-state index contributed by atoms with van der Waals surface area (Å²) in [5.74, 6) is 0.841. The zero-order chi connectivity index (χ0) is 18.5. The molecule has 1 amide bonds. The Labute approximate surface area is 154 Å². The molecular formula is C18H18N4O3S. The van der Waals surface area contributed by atoms with Crippen LogP contribution in [0.15, 0.2) is 40.5 Å². The second-order valence-corrected chi connectivity index (χ2v) is 6.52. The van der Waals surface area contributed by atoms with E-state index >= 15 is 0 Å². The van der Waals surface area contributed by atoms with Crippen molar-refractivity contribution in [2.75, 3.05) is 13.7 Å². The van der Waals surface area contributed by atoms with Gasteiger partial charge in [-0.05, 0) is 31.2 Å². The van der Waals surface area contributed by atoms with E-state index in [0.717, 1.165) is 22.0 Å². The summed E-state index contributed by atoms with van der Waals surface area (Å²) >= 11 is 1.54. The number of carbonyl (C=O) groups is 1. The van der Waals surface area contributed by atoms with Crippen molar-refractivity contribution < 1.29 is 9.53 Å². The molecule has 7 nitrogen and oxygen atoms in total. The van der Waals surface area contributed by atoms with Crippen LogP contribution >= 0.6 is 11.3 Å². The fraction of sp³-hybridized carbons (Fsp3) is 0.222. The first kappa shape index (κ1) is 17.8. The summed E-state index contributed by atoms with van der Waals surface area (Å²) in [6, 6.07) is 8.89. The number of thiazole rings is 1. The number of rotatable bonds is 6. The average Bonchev–Trinajstić information content (AvgIpc) is 3.10. The second-order valence-electron chi connectivity index (χ2n) is 5.58. The zero-order valence-corrected chi connectivity index (χ0v) is 15.2. The highest BCUT2D eigenvalue weighted by Gasteiger charge is 2.10. The number of hydrogen-bond acceptors (Lipinski definition) is 6. The number of H-pyrrole nitrogens is 1. The molecule has 0 aliphatic heterocycles. The number of aromatic amines is 1. The van der Waals surface area contributed by atoms with Crippen LogP contribution in [0.3, 0.4) is 0 Å². The van der Waals surface area contributed by atoms with E-state index in [1.807, 2.05) is 29.6 Å². The molecule has 0 bridgehead atoms. The van der Waals surface area contributed by atoms with Gasteiger partial charge in [-0.1, -0.05) is 0 Å². The van der Waals surface area contributed by atoms with Crippen molar-refractivity contribution in [2.45, 2.75) is 13.3 Å². The molecule has 0 aliphatic rings. The maximum atomic E-state index is 12.1. The van der Waals surface area contributed by atoms with Gasteiger partial charge in [0.2, 0.25) is 0 Å². The Morgan fingerprint density at radius 1 is 1.27 bits per heavy atom. The monoisotopic (exact) mass is 370 g/mol. The Bertz CT molecular complexity index is 963. The summed E-state index contributed by atoms with van der Waals surface area (Å²) in [6.45, 7) is 2.05. The van der Waals surface area contributed by atoms with E-state index in [9.17, 15) is 9.59 Å². The van der Waals surface area contributed by atoms with Crippen LogP contribution in [0.5, 0.6) is 5.75 Å². The van der Waals surface area contributed by atoms with Crippen molar-refractivity contribution in [3.63, 3.8) is 0 Å². The van der Waals surface area contributed by atoms with Gasteiger partial charge in [-0.2, -0.15) is 0 Å². The van der Waals surface area contributed by atoms with Crippen molar-refractivity contribution in [3.05, 3.63) is 62.6 Å². The van der Waals surface area contributed by atoms with Crippen LogP contribution in [0, 0.1) is 6.92 Å². The van der Waals surface area contributed by atoms with E-state index in [0.29, 0.717) is 18.8 Å². The molecule has 134 valence electrons. The fourth-order valence-electron chi connectivity index (χ4n) is 2.39. The zero-order valence-electron chi connectivity index (χ0n) is 14.4. The molecule has 0 radical (unpaired) electrons. The normalized spacial score (nSPS) is 10.5. The third kappa shape index (κ3) is 4.34. The molecule has 0 fully saturated rings. The first-order valence-corrected chi connectivity index (χ1v) is 8.88. The largest absolute Gasteiger partial charge is 0.497 e. The number of benzene rings is 1. The molecule has 0 spiro atoms. The highest BCUT2D eigenvalue weighted by Crippen LogP contribution is 2.24. The summed E-state index contributed by atoms with van der Waals surface area (Å²) < 4.78 is 5.15. The summed E-state index contributed by atoms with van der Waals surface area (Å²) in [5, 5.41) is 5.67. The minimum Gasteiger partial charge on any atom is -0.497 e. The molecular weight excluding hydrogens is 352 g/mol. The summed E-state index contributed by atoms with van der Waals surface area (Å²) in [4.78, 5) is 34.6. The van der Waals surface area contributed by atoms with Gasteiger partial charge in [0, 0.05) is 30.0 Å². The van der Waals surface area contributed by atoms with E-state index in [-0.39, 0.29) is 17.2 Å². The minimum absolute atomic E-state index is 0.115. The van der Waals surface area contributed by atoms with Crippen LogP contribution in [-0.4, -0.2) is 34.5 Å². The number of hydrogen-bond donors (Lipinski definition) is 2. The predicted molar refractivity (Wildman–Crippen MR) is 99.7 cm³/mol. The van der Waals surface area contributed by atoms with E-state index < -0.39 is 0 Å². The lowest BCUT2D eigenvalue weighted by Crippen LogP contribution is -2.28. The van der Waals surface area contributed by atoms with Crippen LogP contribution in [0.25, 0.3) is 11.3 Å². The number of aryl methyl sites for hydroxylation is 1. The molecule has 3 aromatic rings. The minimum atomic E-state index is -0.369. The number of amides is 1. The molecule has 0 unspecified atom stereocenters. The van der Waals surface area contributed by atoms with Crippen LogP contribution < -0.4 is 15.6 Å². The van der Waals surface area contributed by atoms with Gasteiger partial charge >= 0.3 is 0 Å². The van der Waals surface area contributed by atoms with Crippen molar-refractivity contribution in [3.8, 4) is 17.0 Å². The molecule has 8 heteroatoms. The van der Waals surface area contributed by atoms with Crippen LogP contribution in [-0.2, 0) is 6.42 Å². The van der Waals surface area contributed by atoms with Gasteiger partial charge in [0.15, 0.2) is 0 Å². The summed E-state index contributed by atoms with van der Waals surface area (Å²) in [7, 11) is 1.63. The van der Waals surface area contributed by atoms with Gasteiger partial charge in [-0.3, -0.25) is 9.59 Å². The molecule has 0 saturated heterocycles. The number of nitrogens with one attached hydrogen (secondary N) is 2. The third-order valence-corrected chi connectivity index (χ3v) is 4.56. The second kappa shape index (κ2) is 7.92. The van der Waals surface area contributed by atoms with Gasteiger partial charge in [0.1, 0.15) is 17.3 Å². The van der Waals surface area contributed by atoms with Crippen LogP contribution in [0.2, 0.25) is 0 Å². The molecule has 0 atom stereocenters. The van der Waals surface area contributed by atoms with Crippen molar-refractivity contribution >= 4 is 17.2 Å². The highest BCUT2D eigenvalue weighted by atomic mass is 32.1. The first-order chi connectivity index (χ1) is 12.5. The number of carbonyl (C=O) groups excluding carboxylic acids is 1. The Balaban J connectivity index is 1.57. The Morgan fingerprint density at radius 3 is 2.73 bits per heavy atom. The topological polar surface area (TPSA) is 97.0 Å². The first-order valence-electron chi connectivity index (χ1n) is 8.00. The lowest BCUT2D eigenvalue weighted by atomic mass is 10.2. The SMILES string of the molecule is COc1ccc(-c2csc(CCNC(=O)c3cc(=O)[nH]c(C)n3)n2)cc1. The summed E-state index contributed by atoms with van der Waals surface area (Å²) in [5.41, 5.74) is 1.68. The van der Waals surface area contributed by atoms with Gasteiger partial charge in [-0.25, -0.2) is 9.97 Å². The quantitative estimate of drug-likeness (QED) is 0.693. The Kier molecular flexibility index (Phi) is 5.43. The molecule has 2 aromatic heterocycles. The smallest absolute Gasteiger partial charge is 0.270 e. The van der Waals surface area contributed by atoms with E-state index in [1.54, 1.807) is 25.4 Å². The highest BCUT2D eigenvalue weighted by molar-refractivity contribution is 7.09. The molecule has 2 heterocycles. The van der Waals surface area contributed by atoms with Crippen molar-refractivity contribution in [1.82, 2.24) is 20.3 Å². The third-order valence-electron chi connectivity index (χ3n) is 3.65.